The number of rotatable bonds is 7. The monoisotopic (exact) mass is 878 g/mol. The van der Waals surface area contributed by atoms with E-state index >= 15 is 0 Å². The van der Waals surface area contributed by atoms with Gasteiger partial charge in [-0.15, -0.1) is 0 Å². The van der Waals surface area contributed by atoms with E-state index in [4.69, 9.17) is 16.6 Å². The first kappa shape index (κ1) is 39.4. The number of nitrogens with one attached hydrogen (secondary N) is 1. The third kappa shape index (κ3) is 6.62. The molecular weight excluding hydrogens is 836 g/mol. The Balaban J connectivity index is 0.809. The van der Waals surface area contributed by atoms with Crippen LogP contribution >= 0.6 is 11.6 Å². The zero-order valence-electron chi connectivity index (χ0n) is 36.9. The Morgan fingerprint density at radius 3 is 1.91 bits per heavy atom. The van der Waals surface area contributed by atoms with E-state index in [9.17, 15) is 0 Å². The van der Waals surface area contributed by atoms with Crippen molar-refractivity contribution < 1.29 is 0 Å². The van der Waals surface area contributed by atoms with Crippen molar-refractivity contribution in [3.05, 3.63) is 227 Å². The topological polar surface area (TPSA) is 54.5 Å². The van der Waals surface area contributed by atoms with Crippen molar-refractivity contribution >= 4 is 50.3 Å². The highest BCUT2D eigenvalue weighted by atomic mass is 35.5. The van der Waals surface area contributed by atoms with E-state index in [1.165, 1.54) is 82.6 Å². The highest BCUT2D eigenvalue weighted by molar-refractivity contribution is 6.28. The summed E-state index contributed by atoms with van der Waals surface area (Å²) in [5.41, 5.74) is 20.5. The minimum Gasteiger partial charge on any atom is -0.354 e. The van der Waals surface area contributed by atoms with Crippen molar-refractivity contribution in [3.8, 4) is 67.3 Å². The van der Waals surface area contributed by atoms with Gasteiger partial charge in [0.2, 0.25) is 5.28 Å². The number of aromatic nitrogens is 4. The average Bonchev–Trinajstić information content (AvgIpc) is 3.89. The van der Waals surface area contributed by atoms with E-state index in [2.05, 4.69) is 192 Å². The molecule has 0 aliphatic heterocycles. The third-order valence-electron chi connectivity index (χ3n) is 14.4. The van der Waals surface area contributed by atoms with Crippen molar-refractivity contribution in [1.82, 2.24) is 19.9 Å². The van der Waals surface area contributed by atoms with Gasteiger partial charge >= 0.3 is 0 Å². The molecule has 0 amide bonds. The van der Waals surface area contributed by atoms with Gasteiger partial charge < -0.3 is 4.98 Å². The fourth-order valence-electron chi connectivity index (χ4n) is 11.0. The molecule has 0 radical (unpaired) electrons. The quantitative estimate of drug-likeness (QED) is 0.174. The van der Waals surface area contributed by atoms with Gasteiger partial charge in [0.15, 0.2) is 11.6 Å². The number of hydrogen-bond donors (Lipinski definition) is 1. The molecule has 11 aromatic rings. The number of aromatic amines is 1. The molecule has 0 saturated heterocycles. The summed E-state index contributed by atoms with van der Waals surface area (Å²) in [4.78, 5) is 17.7. The van der Waals surface area contributed by atoms with Gasteiger partial charge in [0.25, 0.3) is 0 Å². The molecule has 0 fully saturated rings. The molecule has 318 valence electrons. The summed E-state index contributed by atoms with van der Waals surface area (Å²) in [6, 6.07) is 68.2. The molecule has 0 saturated carbocycles. The van der Waals surface area contributed by atoms with Crippen LogP contribution in [-0.4, -0.2) is 19.9 Å². The lowest BCUT2D eigenvalue weighted by Crippen LogP contribution is -2.24. The standard InChI is InChI=1S/C62H43ClN4/c1-62(37-38-18-20-40(21-19-38)42-24-28-46(29-25-42)60-65-59(66-61(63)67-60)45-26-22-41(23-27-45)39-10-3-2-4-11-39)53-33-31-47(36-52(53)56-48-14-7-5-12-43(48)30-34-54(56)62)50-16-9-17-51-57-49-15-8-6-13-44(49)32-35-55(57)64-58(50)51/h2-5,7-12,14-36,64H,6,13,37H2,1H3. The van der Waals surface area contributed by atoms with Crippen LogP contribution in [0.3, 0.4) is 0 Å². The first-order valence-electron chi connectivity index (χ1n) is 23.1. The highest BCUT2D eigenvalue weighted by Crippen LogP contribution is 2.54. The molecule has 2 aliphatic rings. The molecule has 4 nitrogen and oxygen atoms in total. The summed E-state index contributed by atoms with van der Waals surface area (Å²) in [6.45, 7) is 2.44. The molecule has 1 N–H and O–H groups in total. The van der Waals surface area contributed by atoms with Crippen LogP contribution in [0.1, 0.15) is 41.2 Å². The maximum Gasteiger partial charge on any atom is 0.226 e. The van der Waals surface area contributed by atoms with Gasteiger partial charge in [0.05, 0.1) is 5.52 Å². The molecule has 2 aromatic heterocycles. The van der Waals surface area contributed by atoms with E-state index in [1.54, 1.807) is 0 Å². The van der Waals surface area contributed by atoms with Crippen LogP contribution < -0.4 is 0 Å². The molecule has 0 bridgehead atoms. The van der Waals surface area contributed by atoms with Gasteiger partial charge in [-0.2, -0.15) is 9.97 Å². The summed E-state index contributed by atoms with van der Waals surface area (Å²) < 4.78 is 0. The van der Waals surface area contributed by atoms with Crippen LogP contribution in [0, 0.1) is 0 Å². The zero-order chi connectivity index (χ0) is 44.6. The lowest BCUT2D eigenvalue weighted by atomic mass is 9.75. The minimum absolute atomic E-state index is 0.167. The molecule has 9 aromatic carbocycles. The fourth-order valence-corrected chi connectivity index (χ4v) is 11.2. The number of allylic oxidation sites excluding steroid dienone is 1. The Kier molecular flexibility index (Phi) is 9.19. The molecular formula is C62H43ClN4. The van der Waals surface area contributed by atoms with Crippen molar-refractivity contribution in [2.24, 2.45) is 0 Å². The van der Waals surface area contributed by atoms with Gasteiger partial charge in [-0.1, -0.05) is 195 Å². The number of hydrogen-bond acceptors (Lipinski definition) is 3. The maximum absolute atomic E-state index is 6.49. The number of para-hydroxylation sites is 1. The number of nitrogens with zero attached hydrogens (tertiary/aromatic N) is 3. The second-order valence-corrected chi connectivity index (χ2v) is 18.6. The number of benzene rings is 9. The van der Waals surface area contributed by atoms with Crippen molar-refractivity contribution in [2.75, 3.05) is 0 Å². The van der Waals surface area contributed by atoms with Crippen molar-refractivity contribution in [1.29, 1.82) is 0 Å². The Bertz CT molecular complexity index is 3780. The van der Waals surface area contributed by atoms with E-state index in [1.807, 2.05) is 30.3 Å². The van der Waals surface area contributed by atoms with Gasteiger partial charge in [0, 0.05) is 38.4 Å². The predicted molar refractivity (Wildman–Crippen MR) is 278 cm³/mol. The zero-order valence-corrected chi connectivity index (χ0v) is 37.6. The molecule has 13 rings (SSSR count). The number of aryl methyl sites for hydroxylation is 1. The summed E-state index contributed by atoms with van der Waals surface area (Å²) in [7, 11) is 0. The van der Waals surface area contributed by atoms with Crippen molar-refractivity contribution in [3.63, 3.8) is 0 Å². The van der Waals surface area contributed by atoms with Gasteiger partial charge in [-0.3, -0.25) is 0 Å². The van der Waals surface area contributed by atoms with Crippen LogP contribution in [0.2, 0.25) is 5.28 Å². The molecule has 2 aliphatic carbocycles. The highest BCUT2D eigenvalue weighted by Gasteiger charge is 2.40. The summed E-state index contributed by atoms with van der Waals surface area (Å²) in [5.74, 6) is 1.09. The van der Waals surface area contributed by atoms with Gasteiger partial charge in [-0.25, -0.2) is 4.98 Å². The summed E-state index contributed by atoms with van der Waals surface area (Å²) >= 11 is 6.49. The average molecular weight is 880 g/mol. The second-order valence-electron chi connectivity index (χ2n) is 18.3. The maximum atomic E-state index is 6.49. The Hall–Kier alpha value is -7.92. The smallest absolute Gasteiger partial charge is 0.226 e. The first-order chi connectivity index (χ1) is 32.9. The van der Waals surface area contributed by atoms with Gasteiger partial charge in [-0.05, 0) is 121 Å². The molecule has 2 heterocycles. The van der Waals surface area contributed by atoms with Gasteiger partial charge in [0.1, 0.15) is 0 Å². The Labute approximate surface area is 394 Å². The Morgan fingerprint density at radius 2 is 1.16 bits per heavy atom. The summed E-state index contributed by atoms with van der Waals surface area (Å²) in [5, 5.41) is 5.35. The van der Waals surface area contributed by atoms with Crippen LogP contribution in [0.25, 0.3) is 106 Å². The molecule has 0 spiro atoms. The molecule has 1 atom stereocenters. The summed E-state index contributed by atoms with van der Waals surface area (Å²) in [6.07, 6.45) is 7.71. The van der Waals surface area contributed by atoms with Crippen LogP contribution in [-0.2, 0) is 18.3 Å². The lowest BCUT2D eigenvalue weighted by Gasteiger charge is -2.28. The van der Waals surface area contributed by atoms with Crippen LogP contribution in [0.15, 0.2) is 194 Å². The Morgan fingerprint density at radius 1 is 0.537 bits per heavy atom. The molecule has 5 heteroatoms. The SMILES string of the molecule is CC1(Cc2ccc(-c3ccc(-c4nc(Cl)nc(-c5ccc(-c6ccccc6)cc5)n4)cc3)cc2)c2ccc(-c3cccc4c3[nH]c3ccc5c(c34)C=CCC5)cc2-c2c1ccc1ccccc21. The van der Waals surface area contributed by atoms with E-state index in [0.29, 0.717) is 11.6 Å². The second kappa shape index (κ2) is 15.6. The fraction of sp³-hybridized carbons (Fsp3) is 0.0806. The van der Waals surface area contributed by atoms with Crippen LogP contribution in [0.4, 0.5) is 0 Å². The largest absolute Gasteiger partial charge is 0.354 e. The first-order valence-corrected chi connectivity index (χ1v) is 23.5. The molecule has 67 heavy (non-hydrogen) atoms. The minimum atomic E-state index is -0.233. The number of H-pyrrole nitrogens is 1. The normalized spacial score (nSPS) is 15.0. The number of halogens is 1. The molecule has 1 unspecified atom stereocenters. The predicted octanol–water partition coefficient (Wildman–Crippen LogP) is 16.1. The lowest BCUT2D eigenvalue weighted by molar-refractivity contribution is 0.583. The third-order valence-corrected chi connectivity index (χ3v) is 14.5. The van der Waals surface area contributed by atoms with E-state index in [0.717, 1.165) is 52.6 Å². The van der Waals surface area contributed by atoms with Crippen molar-refractivity contribution in [2.45, 2.75) is 31.6 Å². The van der Waals surface area contributed by atoms with E-state index < -0.39 is 0 Å². The number of fused-ring (bicyclic) bond motifs is 10. The van der Waals surface area contributed by atoms with E-state index in [-0.39, 0.29) is 10.7 Å². The van der Waals surface area contributed by atoms with Crippen LogP contribution in [0.5, 0.6) is 0 Å².